The highest BCUT2D eigenvalue weighted by molar-refractivity contribution is 6.33. The molecule has 1 aromatic carbocycles. The van der Waals surface area contributed by atoms with Crippen LogP contribution in [0.25, 0.3) is 11.3 Å². The number of halogens is 1. The first-order valence-electron chi connectivity index (χ1n) is 6.56. The minimum atomic E-state index is -0.475. The molecule has 0 saturated heterocycles. The van der Waals surface area contributed by atoms with E-state index in [1.807, 2.05) is 6.92 Å². The summed E-state index contributed by atoms with van der Waals surface area (Å²) in [4.78, 5) is 19.3. The Balaban J connectivity index is 2.63. The normalized spacial score (nSPS) is 10.4. The Kier molecular flexibility index (Phi) is 4.70. The Bertz CT molecular complexity index is 676. The summed E-state index contributed by atoms with van der Waals surface area (Å²) in [5.41, 5.74) is 0.946. The van der Waals surface area contributed by atoms with Crippen LogP contribution in [-0.2, 0) is 0 Å². The number of aromatic nitrogens is 2. The average Bonchev–Trinajstić information content (AvgIpc) is 2.44. The average molecular weight is 307 g/mol. The fourth-order valence-corrected chi connectivity index (χ4v) is 2.17. The molecule has 0 atom stereocenters. The number of rotatable bonds is 5. The smallest absolute Gasteiger partial charge is 0.316 e. The highest BCUT2D eigenvalue weighted by Gasteiger charge is 2.24. The number of nitrogens with zero attached hydrogens (tertiary/aromatic N) is 3. The van der Waals surface area contributed by atoms with Gasteiger partial charge in [0.25, 0.3) is 0 Å². The molecule has 0 fully saturated rings. The van der Waals surface area contributed by atoms with Gasteiger partial charge in [-0.15, -0.1) is 0 Å². The first-order chi connectivity index (χ1) is 10.0. The van der Waals surface area contributed by atoms with Crippen LogP contribution in [0.5, 0.6) is 0 Å². The van der Waals surface area contributed by atoms with Crippen LogP contribution < -0.4 is 5.32 Å². The number of nitro groups is 1. The Morgan fingerprint density at radius 1 is 1.33 bits per heavy atom. The molecule has 0 unspecified atom stereocenters. The second-order valence-electron chi connectivity index (χ2n) is 4.49. The molecule has 7 heteroatoms. The first kappa shape index (κ1) is 15.2. The second-order valence-corrected chi connectivity index (χ2v) is 4.90. The maximum absolute atomic E-state index is 11.3. The molecule has 0 spiro atoms. The van der Waals surface area contributed by atoms with Gasteiger partial charge in [-0.3, -0.25) is 10.1 Å². The molecule has 21 heavy (non-hydrogen) atoms. The van der Waals surface area contributed by atoms with E-state index in [2.05, 4.69) is 15.3 Å². The van der Waals surface area contributed by atoms with Crippen LogP contribution in [0.4, 0.5) is 11.6 Å². The summed E-state index contributed by atoms with van der Waals surface area (Å²) in [6.45, 7) is 4.30. The van der Waals surface area contributed by atoms with Crippen LogP contribution in [0, 0.1) is 17.0 Å². The Hall–Kier alpha value is -2.21. The number of aryl methyl sites for hydroxylation is 1. The monoisotopic (exact) mass is 306 g/mol. The van der Waals surface area contributed by atoms with E-state index in [-0.39, 0.29) is 11.4 Å². The summed E-state index contributed by atoms with van der Waals surface area (Å²) in [6, 6.07) is 6.92. The highest BCUT2D eigenvalue weighted by atomic mass is 35.5. The lowest BCUT2D eigenvalue weighted by molar-refractivity contribution is -0.385. The molecule has 2 rings (SSSR count). The van der Waals surface area contributed by atoms with Gasteiger partial charge in [-0.2, -0.15) is 0 Å². The van der Waals surface area contributed by atoms with Gasteiger partial charge in [-0.25, -0.2) is 9.97 Å². The van der Waals surface area contributed by atoms with Gasteiger partial charge in [0.15, 0.2) is 5.69 Å². The lowest BCUT2D eigenvalue weighted by Gasteiger charge is -2.09. The Labute approximate surface area is 127 Å². The van der Waals surface area contributed by atoms with E-state index in [0.29, 0.717) is 28.8 Å². The molecule has 1 heterocycles. The van der Waals surface area contributed by atoms with E-state index in [9.17, 15) is 10.1 Å². The molecule has 110 valence electrons. The van der Waals surface area contributed by atoms with Crippen LogP contribution in [-0.4, -0.2) is 21.4 Å². The van der Waals surface area contributed by atoms with Crippen LogP contribution >= 0.6 is 11.6 Å². The maximum atomic E-state index is 11.3. The summed E-state index contributed by atoms with van der Waals surface area (Å²) < 4.78 is 0. The molecular formula is C14H15ClN4O2. The predicted octanol–water partition coefficient (Wildman–Crippen LogP) is 3.84. The third kappa shape index (κ3) is 3.28. The van der Waals surface area contributed by atoms with Crippen molar-refractivity contribution in [1.82, 2.24) is 9.97 Å². The number of nitrogens with one attached hydrogen (secondary N) is 1. The molecular weight excluding hydrogens is 292 g/mol. The summed E-state index contributed by atoms with van der Waals surface area (Å²) in [6.07, 6.45) is 0.904. The fourth-order valence-electron chi connectivity index (χ4n) is 1.94. The molecule has 2 aromatic rings. The standard InChI is InChI=1S/C14H15ClN4O2/c1-3-8-16-14-17-9(2)13(19(20)21)12(18-14)10-6-4-5-7-11(10)15/h4-7H,3,8H2,1-2H3,(H,16,17,18). The van der Waals surface area contributed by atoms with E-state index in [4.69, 9.17) is 11.6 Å². The third-order valence-corrected chi connectivity index (χ3v) is 3.23. The lowest BCUT2D eigenvalue weighted by Crippen LogP contribution is -2.08. The van der Waals surface area contributed by atoms with Crippen LogP contribution in [0.1, 0.15) is 19.0 Å². The quantitative estimate of drug-likeness (QED) is 0.670. The number of hydrogen-bond donors (Lipinski definition) is 1. The molecule has 0 radical (unpaired) electrons. The minimum Gasteiger partial charge on any atom is -0.354 e. The molecule has 0 bridgehead atoms. The third-order valence-electron chi connectivity index (χ3n) is 2.90. The Morgan fingerprint density at radius 3 is 2.67 bits per heavy atom. The van der Waals surface area contributed by atoms with Crippen molar-refractivity contribution in [3.05, 3.63) is 45.1 Å². The van der Waals surface area contributed by atoms with Gasteiger partial charge in [0.1, 0.15) is 5.69 Å². The molecule has 0 aliphatic heterocycles. The summed E-state index contributed by atoms with van der Waals surface area (Å²) >= 11 is 6.14. The van der Waals surface area contributed by atoms with Crippen molar-refractivity contribution < 1.29 is 4.92 Å². The van der Waals surface area contributed by atoms with E-state index in [1.54, 1.807) is 31.2 Å². The molecule has 0 aliphatic rings. The van der Waals surface area contributed by atoms with Crippen molar-refractivity contribution in [2.75, 3.05) is 11.9 Å². The topological polar surface area (TPSA) is 81.0 Å². The van der Waals surface area contributed by atoms with Gasteiger partial charge in [0.2, 0.25) is 5.95 Å². The first-order valence-corrected chi connectivity index (χ1v) is 6.94. The van der Waals surface area contributed by atoms with Crippen molar-refractivity contribution >= 4 is 23.2 Å². The zero-order valence-electron chi connectivity index (χ0n) is 11.8. The van der Waals surface area contributed by atoms with Crippen LogP contribution in [0.3, 0.4) is 0 Å². The van der Waals surface area contributed by atoms with Gasteiger partial charge < -0.3 is 5.32 Å². The van der Waals surface area contributed by atoms with E-state index < -0.39 is 4.92 Å². The van der Waals surface area contributed by atoms with Crippen molar-refractivity contribution in [3.8, 4) is 11.3 Å². The Morgan fingerprint density at radius 2 is 2.05 bits per heavy atom. The van der Waals surface area contributed by atoms with Gasteiger partial charge in [0.05, 0.1) is 9.95 Å². The molecule has 0 saturated carbocycles. The van der Waals surface area contributed by atoms with Crippen LogP contribution in [0.15, 0.2) is 24.3 Å². The highest BCUT2D eigenvalue weighted by Crippen LogP contribution is 2.35. The zero-order valence-corrected chi connectivity index (χ0v) is 12.5. The SMILES string of the molecule is CCCNc1nc(C)c([N+](=O)[O-])c(-c2ccccc2Cl)n1. The largest absolute Gasteiger partial charge is 0.354 e. The number of hydrogen-bond acceptors (Lipinski definition) is 5. The van der Waals surface area contributed by atoms with Gasteiger partial charge in [0, 0.05) is 12.1 Å². The molecule has 1 aromatic heterocycles. The van der Waals surface area contributed by atoms with Gasteiger partial charge >= 0.3 is 5.69 Å². The van der Waals surface area contributed by atoms with Gasteiger partial charge in [-0.1, -0.05) is 36.7 Å². The maximum Gasteiger partial charge on any atom is 0.316 e. The molecule has 0 amide bonds. The molecule has 6 nitrogen and oxygen atoms in total. The fraction of sp³-hybridized carbons (Fsp3) is 0.286. The van der Waals surface area contributed by atoms with Crippen molar-refractivity contribution in [1.29, 1.82) is 0 Å². The van der Waals surface area contributed by atoms with Gasteiger partial charge in [-0.05, 0) is 19.4 Å². The molecule has 0 aliphatic carbocycles. The van der Waals surface area contributed by atoms with Crippen molar-refractivity contribution in [2.45, 2.75) is 20.3 Å². The summed E-state index contributed by atoms with van der Waals surface area (Å²) in [5, 5.41) is 14.8. The van der Waals surface area contributed by atoms with Crippen LogP contribution in [0.2, 0.25) is 5.02 Å². The van der Waals surface area contributed by atoms with Crippen molar-refractivity contribution in [2.24, 2.45) is 0 Å². The van der Waals surface area contributed by atoms with E-state index in [1.165, 1.54) is 0 Å². The number of anilines is 1. The molecule has 1 N–H and O–H groups in total. The zero-order chi connectivity index (χ0) is 15.4. The summed E-state index contributed by atoms with van der Waals surface area (Å²) in [7, 11) is 0. The van der Waals surface area contributed by atoms with E-state index >= 15 is 0 Å². The minimum absolute atomic E-state index is 0.120. The lowest BCUT2D eigenvalue weighted by atomic mass is 10.1. The predicted molar refractivity (Wildman–Crippen MR) is 82.7 cm³/mol. The summed E-state index contributed by atoms with van der Waals surface area (Å²) in [5.74, 6) is 0.370. The van der Waals surface area contributed by atoms with E-state index in [0.717, 1.165) is 6.42 Å². The van der Waals surface area contributed by atoms with Crippen molar-refractivity contribution in [3.63, 3.8) is 0 Å². The number of benzene rings is 1. The second kappa shape index (κ2) is 6.49.